The quantitative estimate of drug-likeness (QED) is 0.880. The highest BCUT2D eigenvalue weighted by atomic mass is 19.1. The Kier molecular flexibility index (Phi) is 3.49. The molecule has 1 aromatic heterocycles. The second-order valence-corrected chi connectivity index (χ2v) is 3.85. The van der Waals surface area contributed by atoms with Crippen LogP contribution in [0.5, 0.6) is 0 Å². The molecule has 5 heteroatoms. The van der Waals surface area contributed by atoms with Gasteiger partial charge in [-0.2, -0.15) is 4.98 Å². The van der Waals surface area contributed by atoms with E-state index in [0.717, 1.165) is 12.1 Å². The van der Waals surface area contributed by atoms with Gasteiger partial charge in [-0.15, -0.1) is 0 Å². The van der Waals surface area contributed by atoms with Gasteiger partial charge in [0.1, 0.15) is 5.82 Å². The van der Waals surface area contributed by atoms with Crippen LogP contribution in [-0.2, 0) is 6.42 Å². The molecule has 2 aromatic rings. The minimum atomic E-state index is -0.339. The Labute approximate surface area is 98.8 Å². The van der Waals surface area contributed by atoms with Crippen LogP contribution in [0.1, 0.15) is 11.4 Å². The molecule has 1 N–H and O–H groups in total. The van der Waals surface area contributed by atoms with E-state index in [2.05, 4.69) is 15.5 Å². The summed E-state index contributed by atoms with van der Waals surface area (Å²) in [7, 11) is 1.85. The van der Waals surface area contributed by atoms with Gasteiger partial charge in [0.2, 0.25) is 0 Å². The zero-order chi connectivity index (χ0) is 12.3. The summed E-state index contributed by atoms with van der Waals surface area (Å²) in [6, 6.07) is 4.92. The molecule has 0 atom stereocenters. The summed E-state index contributed by atoms with van der Waals surface area (Å²) < 4.78 is 18.7. The summed E-state index contributed by atoms with van der Waals surface area (Å²) in [6.45, 7) is 2.59. The van der Waals surface area contributed by atoms with Gasteiger partial charge in [-0.3, -0.25) is 0 Å². The van der Waals surface area contributed by atoms with Crippen molar-refractivity contribution in [2.75, 3.05) is 13.6 Å². The summed E-state index contributed by atoms with van der Waals surface area (Å²) in [5.41, 5.74) is 1.21. The zero-order valence-electron chi connectivity index (χ0n) is 9.83. The Morgan fingerprint density at radius 2 is 2.24 bits per heavy atom. The number of likely N-dealkylation sites (N-methyl/N-ethyl adjacent to an activating group) is 1. The second-order valence-electron chi connectivity index (χ2n) is 3.85. The highest BCUT2D eigenvalue weighted by molar-refractivity contribution is 5.54. The lowest BCUT2D eigenvalue weighted by atomic mass is 10.1. The van der Waals surface area contributed by atoms with E-state index in [-0.39, 0.29) is 11.7 Å². The van der Waals surface area contributed by atoms with Crippen molar-refractivity contribution in [3.8, 4) is 11.5 Å². The Hall–Kier alpha value is -1.75. The molecule has 90 valence electrons. The molecule has 4 nitrogen and oxygen atoms in total. The Balaban J connectivity index is 2.24. The van der Waals surface area contributed by atoms with Gasteiger partial charge >= 0.3 is 0 Å². The van der Waals surface area contributed by atoms with Gasteiger partial charge in [0.05, 0.1) is 5.56 Å². The molecule has 0 amide bonds. The molecule has 0 bridgehead atoms. The van der Waals surface area contributed by atoms with E-state index in [1.165, 1.54) is 6.07 Å². The average molecular weight is 235 g/mol. The molecule has 1 aromatic carbocycles. The Bertz CT molecular complexity index is 510. The van der Waals surface area contributed by atoms with Crippen LogP contribution >= 0.6 is 0 Å². The molecule has 1 heterocycles. The van der Waals surface area contributed by atoms with E-state index in [1.807, 2.05) is 20.0 Å². The molecular weight excluding hydrogens is 221 g/mol. The fourth-order valence-corrected chi connectivity index (χ4v) is 1.50. The van der Waals surface area contributed by atoms with Gasteiger partial charge in [0, 0.05) is 13.0 Å². The maximum absolute atomic E-state index is 13.7. The van der Waals surface area contributed by atoms with E-state index in [0.29, 0.717) is 17.8 Å². The van der Waals surface area contributed by atoms with E-state index in [4.69, 9.17) is 4.52 Å². The van der Waals surface area contributed by atoms with Crippen LogP contribution in [0.2, 0.25) is 0 Å². The second kappa shape index (κ2) is 5.05. The van der Waals surface area contributed by atoms with Crippen molar-refractivity contribution >= 4 is 0 Å². The van der Waals surface area contributed by atoms with Crippen molar-refractivity contribution in [2.24, 2.45) is 0 Å². The molecular formula is C12H14FN3O. The number of aryl methyl sites for hydroxylation is 1. The first-order valence-corrected chi connectivity index (χ1v) is 5.44. The molecule has 0 aliphatic rings. The number of halogens is 1. The topological polar surface area (TPSA) is 51.0 Å². The Morgan fingerprint density at radius 1 is 1.41 bits per heavy atom. The van der Waals surface area contributed by atoms with Crippen molar-refractivity contribution in [3.63, 3.8) is 0 Å². The molecule has 0 radical (unpaired) electrons. The molecule has 0 spiro atoms. The third-order valence-corrected chi connectivity index (χ3v) is 2.42. The predicted molar refractivity (Wildman–Crippen MR) is 62.1 cm³/mol. The number of nitrogens with zero attached hydrogens (tertiary/aromatic N) is 2. The highest BCUT2D eigenvalue weighted by Gasteiger charge is 2.12. The third-order valence-electron chi connectivity index (χ3n) is 2.42. The lowest BCUT2D eigenvalue weighted by molar-refractivity contribution is 0.420. The van der Waals surface area contributed by atoms with Crippen molar-refractivity contribution in [1.29, 1.82) is 0 Å². The monoisotopic (exact) mass is 235 g/mol. The molecule has 17 heavy (non-hydrogen) atoms. The minimum absolute atomic E-state index is 0.230. The summed E-state index contributed by atoms with van der Waals surface area (Å²) in [6.07, 6.45) is 0.660. The van der Waals surface area contributed by atoms with Crippen molar-refractivity contribution in [1.82, 2.24) is 15.5 Å². The average Bonchev–Trinajstić information content (AvgIpc) is 2.75. The predicted octanol–water partition coefficient (Wildman–Crippen LogP) is 1.95. The lowest BCUT2D eigenvalue weighted by Crippen LogP contribution is -2.11. The van der Waals surface area contributed by atoms with E-state index >= 15 is 0 Å². The van der Waals surface area contributed by atoms with Crippen molar-refractivity contribution in [2.45, 2.75) is 13.3 Å². The molecule has 0 saturated carbocycles. The number of nitrogens with one attached hydrogen (secondary N) is 1. The number of rotatable bonds is 4. The maximum Gasteiger partial charge on any atom is 0.260 e. The van der Waals surface area contributed by atoms with Gasteiger partial charge in [0.25, 0.3) is 5.89 Å². The summed E-state index contributed by atoms with van der Waals surface area (Å²) in [5, 5.41) is 6.79. The summed E-state index contributed by atoms with van der Waals surface area (Å²) in [5.74, 6) is 0.469. The molecule has 0 aliphatic heterocycles. The van der Waals surface area contributed by atoms with E-state index < -0.39 is 0 Å². The molecule has 0 fully saturated rings. The van der Waals surface area contributed by atoms with Gasteiger partial charge in [0.15, 0.2) is 5.82 Å². The largest absolute Gasteiger partial charge is 0.334 e. The summed E-state index contributed by atoms with van der Waals surface area (Å²) >= 11 is 0. The van der Waals surface area contributed by atoms with Crippen LogP contribution in [0.4, 0.5) is 4.39 Å². The van der Waals surface area contributed by atoms with Crippen molar-refractivity contribution < 1.29 is 8.91 Å². The van der Waals surface area contributed by atoms with Crippen LogP contribution in [0.15, 0.2) is 22.7 Å². The SMILES string of the molecule is CNCCc1noc(-c2ccc(C)cc2F)n1. The fourth-order valence-electron chi connectivity index (χ4n) is 1.50. The fraction of sp³-hybridized carbons (Fsp3) is 0.333. The smallest absolute Gasteiger partial charge is 0.260 e. The number of aromatic nitrogens is 2. The first kappa shape index (κ1) is 11.7. The van der Waals surface area contributed by atoms with Crippen LogP contribution < -0.4 is 5.32 Å². The molecule has 0 aliphatic carbocycles. The van der Waals surface area contributed by atoms with Crippen LogP contribution in [0.25, 0.3) is 11.5 Å². The van der Waals surface area contributed by atoms with Crippen LogP contribution in [-0.4, -0.2) is 23.7 Å². The van der Waals surface area contributed by atoms with Crippen molar-refractivity contribution in [3.05, 3.63) is 35.4 Å². The standard InChI is InChI=1S/C12H14FN3O/c1-8-3-4-9(10(13)7-8)12-15-11(16-17-12)5-6-14-2/h3-4,7,14H,5-6H2,1-2H3. The van der Waals surface area contributed by atoms with Crippen LogP contribution in [0.3, 0.4) is 0 Å². The first-order chi connectivity index (χ1) is 8.20. The highest BCUT2D eigenvalue weighted by Crippen LogP contribution is 2.21. The van der Waals surface area contributed by atoms with Gasteiger partial charge in [-0.25, -0.2) is 4.39 Å². The maximum atomic E-state index is 13.7. The normalized spacial score (nSPS) is 10.8. The summed E-state index contributed by atoms with van der Waals surface area (Å²) in [4.78, 5) is 4.15. The lowest BCUT2D eigenvalue weighted by Gasteiger charge is -1.98. The number of hydrogen-bond acceptors (Lipinski definition) is 4. The number of hydrogen-bond donors (Lipinski definition) is 1. The first-order valence-electron chi connectivity index (χ1n) is 5.44. The van der Waals surface area contributed by atoms with E-state index in [9.17, 15) is 4.39 Å². The third kappa shape index (κ3) is 2.68. The molecule has 0 saturated heterocycles. The number of benzene rings is 1. The zero-order valence-corrected chi connectivity index (χ0v) is 9.83. The molecule has 2 rings (SSSR count). The molecule has 0 unspecified atom stereocenters. The van der Waals surface area contributed by atoms with Gasteiger partial charge < -0.3 is 9.84 Å². The Morgan fingerprint density at radius 3 is 2.94 bits per heavy atom. The van der Waals surface area contributed by atoms with Gasteiger partial charge in [-0.05, 0) is 31.7 Å². The van der Waals surface area contributed by atoms with Gasteiger partial charge in [-0.1, -0.05) is 11.2 Å². The van der Waals surface area contributed by atoms with Crippen LogP contribution in [0, 0.1) is 12.7 Å². The van der Waals surface area contributed by atoms with E-state index in [1.54, 1.807) is 6.07 Å². The minimum Gasteiger partial charge on any atom is -0.334 e.